The number of fused-ring (bicyclic) bond motifs is 1. The Balaban J connectivity index is 1.58. The normalized spacial score (nSPS) is 16.5. The Labute approximate surface area is 159 Å². The molecule has 0 fully saturated rings. The van der Waals surface area contributed by atoms with Gasteiger partial charge >= 0.3 is 5.97 Å². The summed E-state index contributed by atoms with van der Waals surface area (Å²) in [7, 11) is 0. The molecule has 1 heterocycles. The lowest BCUT2D eigenvalue weighted by molar-refractivity contribution is -0.162. The van der Waals surface area contributed by atoms with Crippen LogP contribution >= 0.6 is 23.2 Å². The molecule has 26 heavy (non-hydrogen) atoms. The number of nitrogens with one attached hydrogen (secondary N) is 1. The average Bonchev–Trinajstić information content (AvgIpc) is 2.63. The maximum absolute atomic E-state index is 12.2. The third-order valence-corrected chi connectivity index (χ3v) is 4.17. The molecule has 3 rings (SSSR count). The van der Waals surface area contributed by atoms with Gasteiger partial charge in [-0.3, -0.25) is 4.79 Å². The first-order chi connectivity index (χ1) is 12.4. The number of carbonyl (C=O) groups is 2. The molecule has 8 heteroatoms. The third-order valence-electron chi connectivity index (χ3n) is 3.62. The molecule has 0 saturated heterocycles. The zero-order chi connectivity index (χ0) is 18.7. The van der Waals surface area contributed by atoms with Crippen LogP contribution in [-0.4, -0.2) is 30.7 Å². The minimum atomic E-state index is -1.05. The molecule has 0 spiro atoms. The fourth-order valence-corrected chi connectivity index (χ4v) is 2.72. The first kappa shape index (κ1) is 18.4. The summed E-state index contributed by atoms with van der Waals surface area (Å²) in [6.45, 7) is 1.46. The number of esters is 1. The molecule has 1 amide bonds. The van der Waals surface area contributed by atoms with Crippen molar-refractivity contribution in [2.45, 2.75) is 19.1 Å². The van der Waals surface area contributed by atoms with Crippen molar-refractivity contribution >= 4 is 40.8 Å². The highest BCUT2D eigenvalue weighted by molar-refractivity contribution is 6.36. The maximum atomic E-state index is 12.2. The van der Waals surface area contributed by atoms with Crippen LogP contribution in [0.15, 0.2) is 42.5 Å². The molecule has 0 radical (unpaired) electrons. The van der Waals surface area contributed by atoms with Crippen molar-refractivity contribution < 1.29 is 23.8 Å². The number of carbonyl (C=O) groups excluding carboxylic acids is 2. The van der Waals surface area contributed by atoms with Crippen molar-refractivity contribution in [1.82, 2.24) is 0 Å². The zero-order valence-electron chi connectivity index (χ0n) is 13.7. The van der Waals surface area contributed by atoms with Crippen LogP contribution < -0.4 is 14.8 Å². The minimum Gasteiger partial charge on any atom is -0.485 e. The summed E-state index contributed by atoms with van der Waals surface area (Å²) in [6, 6.07) is 11.6. The van der Waals surface area contributed by atoms with Crippen LogP contribution in [0.2, 0.25) is 10.0 Å². The van der Waals surface area contributed by atoms with E-state index in [0.29, 0.717) is 22.2 Å². The van der Waals surface area contributed by atoms with Crippen molar-refractivity contribution in [1.29, 1.82) is 0 Å². The number of ether oxygens (including phenoxy) is 3. The monoisotopic (exact) mass is 395 g/mol. The molecule has 1 aliphatic heterocycles. The molecule has 6 nitrogen and oxygen atoms in total. The SMILES string of the molecule is C[C@H](OC(=O)[C@H]1COc2ccccc2O1)C(=O)Nc1ccc(Cl)cc1Cl. The van der Waals surface area contributed by atoms with Crippen molar-refractivity contribution in [3.8, 4) is 11.5 Å². The van der Waals surface area contributed by atoms with Gasteiger partial charge in [0.25, 0.3) is 5.91 Å². The van der Waals surface area contributed by atoms with E-state index in [-0.39, 0.29) is 11.6 Å². The summed E-state index contributed by atoms with van der Waals surface area (Å²) >= 11 is 11.8. The highest BCUT2D eigenvalue weighted by Crippen LogP contribution is 2.31. The third kappa shape index (κ3) is 4.20. The van der Waals surface area contributed by atoms with Gasteiger partial charge in [0.1, 0.15) is 6.61 Å². The Morgan fingerprint density at radius 3 is 2.65 bits per heavy atom. The highest BCUT2D eigenvalue weighted by Gasteiger charge is 2.31. The molecule has 1 N–H and O–H groups in total. The lowest BCUT2D eigenvalue weighted by Gasteiger charge is -2.25. The molecule has 0 bridgehead atoms. The van der Waals surface area contributed by atoms with Crippen LogP contribution in [0.25, 0.3) is 0 Å². The highest BCUT2D eigenvalue weighted by atomic mass is 35.5. The van der Waals surface area contributed by atoms with Gasteiger partial charge in [-0.1, -0.05) is 35.3 Å². The van der Waals surface area contributed by atoms with E-state index < -0.39 is 24.1 Å². The van der Waals surface area contributed by atoms with Crippen molar-refractivity contribution in [3.63, 3.8) is 0 Å². The van der Waals surface area contributed by atoms with Gasteiger partial charge in [-0.05, 0) is 37.3 Å². The lowest BCUT2D eigenvalue weighted by atomic mass is 10.2. The molecular weight excluding hydrogens is 381 g/mol. The molecule has 2 aromatic rings. The summed E-state index contributed by atoms with van der Waals surface area (Å²) < 4.78 is 16.2. The number of para-hydroxylation sites is 2. The van der Waals surface area contributed by atoms with Gasteiger partial charge in [0.15, 0.2) is 17.6 Å². The quantitative estimate of drug-likeness (QED) is 0.798. The van der Waals surface area contributed by atoms with E-state index in [9.17, 15) is 9.59 Å². The minimum absolute atomic E-state index is 0.00714. The summed E-state index contributed by atoms with van der Waals surface area (Å²) in [4.78, 5) is 24.5. The Hall–Kier alpha value is -2.44. The van der Waals surface area contributed by atoms with Gasteiger partial charge in [-0.25, -0.2) is 4.79 Å². The molecule has 0 saturated carbocycles. The first-order valence-electron chi connectivity index (χ1n) is 7.79. The van der Waals surface area contributed by atoms with Crippen LogP contribution in [0.5, 0.6) is 11.5 Å². The van der Waals surface area contributed by atoms with E-state index in [1.807, 2.05) is 0 Å². The number of anilines is 1. The van der Waals surface area contributed by atoms with E-state index in [1.54, 1.807) is 36.4 Å². The molecule has 2 atom stereocenters. The predicted octanol–water partition coefficient (Wildman–Crippen LogP) is 3.70. The Bertz CT molecular complexity index is 842. The lowest BCUT2D eigenvalue weighted by Crippen LogP contribution is -2.41. The van der Waals surface area contributed by atoms with Gasteiger partial charge in [-0.2, -0.15) is 0 Å². The van der Waals surface area contributed by atoms with Crippen LogP contribution in [0.1, 0.15) is 6.92 Å². The number of rotatable bonds is 4. The maximum Gasteiger partial charge on any atom is 0.351 e. The fourth-order valence-electron chi connectivity index (χ4n) is 2.26. The zero-order valence-corrected chi connectivity index (χ0v) is 15.2. The molecular formula is C18H15Cl2NO5. The molecule has 136 valence electrons. The summed E-state index contributed by atoms with van der Waals surface area (Å²) in [5, 5.41) is 3.31. The van der Waals surface area contributed by atoms with Gasteiger partial charge in [0.05, 0.1) is 10.7 Å². The van der Waals surface area contributed by atoms with Crippen molar-refractivity contribution in [2.24, 2.45) is 0 Å². The van der Waals surface area contributed by atoms with Crippen LogP contribution in [0.3, 0.4) is 0 Å². The summed E-state index contributed by atoms with van der Waals surface area (Å²) in [6.07, 6.45) is -1.99. The van der Waals surface area contributed by atoms with Gasteiger partial charge < -0.3 is 19.5 Å². The molecule has 1 aliphatic rings. The molecule has 2 aromatic carbocycles. The topological polar surface area (TPSA) is 73.9 Å². The second kappa shape index (κ2) is 7.85. The van der Waals surface area contributed by atoms with E-state index in [2.05, 4.69) is 5.32 Å². The van der Waals surface area contributed by atoms with E-state index >= 15 is 0 Å². The van der Waals surface area contributed by atoms with Gasteiger partial charge in [-0.15, -0.1) is 0 Å². The van der Waals surface area contributed by atoms with Gasteiger partial charge in [0.2, 0.25) is 6.10 Å². The molecule has 0 aliphatic carbocycles. The molecule has 0 aromatic heterocycles. The Morgan fingerprint density at radius 1 is 1.19 bits per heavy atom. The number of amides is 1. The van der Waals surface area contributed by atoms with E-state index in [4.69, 9.17) is 37.4 Å². The van der Waals surface area contributed by atoms with Crippen molar-refractivity contribution in [3.05, 3.63) is 52.5 Å². The number of hydrogen-bond donors (Lipinski definition) is 1. The van der Waals surface area contributed by atoms with E-state index in [0.717, 1.165) is 0 Å². The standard InChI is InChI=1S/C18H15Cl2NO5/c1-10(17(22)21-13-7-6-11(19)8-12(13)20)25-18(23)16-9-24-14-4-2-3-5-15(14)26-16/h2-8,10,16H,9H2,1H3,(H,21,22)/t10-,16+/m0/s1. The Kier molecular flexibility index (Phi) is 5.54. The summed E-state index contributed by atoms with van der Waals surface area (Å²) in [5.41, 5.74) is 0.371. The fraction of sp³-hybridized carbons (Fsp3) is 0.222. The molecule has 0 unspecified atom stereocenters. The first-order valence-corrected chi connectivity index (χ1v) is 8.54. The van der Waals surface area contributed by atoms with Crippen LogP contribution in [0, 0.1) is 0 Å². The second-order valence-corrected chi connectivity index (χ2v) is 6.40. The van der Waals surface area contributed by atoms with Gasteiger partial charge in [0, 0.05) is 5.02 Å². The van der Waals surface area contributed by atoms with E-state index in [1.165, 1.54) is 13.0 Å². The number of hydrogen-bond acceptors (Lipinski definition) is 5. The smallest absolute Gasteiger partial charge is 0.351 e. The predicted molar refractivity (Wildman–Crippen MR) is 97.0 cm³/mol. The van der Waals surface area contributed by atoms with Crippen LogP contribution in [-0.2, 0) is 14.3 Å². The van der Waals surface area contributed by atoms with Crippen molar-refractivity contribution in [2.75, 3.05) is 11.9 Å². The Morgan fingerprint density at radius 2 is 1.92 bits per heavy atom. The number of halogens is 2. The van der Waals surface area contributed by atoms with Crippen LogP contribution in [0.4, 0.5) is 5.69 Å². The number of benzene rings is 2. The average molecular weight is 396 g/mol. The summed E-state index contributed by atoms with van der Waals surface area (Å²) in [5.74, 6) is -0.213. The second-order valence-electron chi connectivity index (χ2n) is 5.56. The largest absolute Gasteiger partial charge is 0.485 e.